The van der Waals surface area contributed by atoms with Gasteiger partial charge in [0, 0.05) is 26.0 Å². The van der Waals surface area contributed by atoms with E-state index in [2.05, 4.69) is 0 Å². The van der Waals surface area contributed by atoms with Gasteiger partial charge < -0.3 is 9.45 Å². The molecule has 0 heterocycles. The first-order valence-corrected chi connectivity index (χ1v) is 6.10. The molecule has 0 aromatic heterocycles. The molecule has 1 N–H and O–H groups in total. The molecule has 13 heavy (non-hydrogen) atoms. The van der Waals surface area contributed by atoms with E-state index in [4.69, 9.17) is 0 Å². The van der Waals surface area contributed by atoms with E-state index in [0.717, 1.165) is 5.69 Å². The zero-order valence-corrected chi connectivity index (χ0v) is 8.95. The van der Waals surface area contributed by atoms with Crippen molar-refractivity contribution in [3.05, 3.63) is 24.3 Å². The molecular formula is C9H15NO2S. The van der Waals surface area contributed by atoms with Crippen molar-refractivity contribution in [1.29, 1.82) is 0 Å². The van der Waals surface area contributed by atoms with Crippen molar-refractivity contribution in [2.24, 2.45) is 0 Å². The summed E-state index contributed by atoms with van der Waals surface area (Å²) in [7, 11) is 0.773. The van der Waals surface area contributed by atoms with Crippen LogP contribution in [0.25, 0.3) is 0 Å². The summed E-state index contributed by atoms with van der Waals surface area (Å²) in [6, 6.07) is 7.05. The number of anilines is 1. The van der Waals surface area contributed by atoms with Crippen LogP contribution in [0.4, 0.5) is 5.69 Å². The van der Waals surface area contributed by atoms with Crippen LogP contribution in [0.1, 0.15) is 0 Å². The van der Waals surface area contributed by atoms with Gasteiger partial charge in [-0.2, -0.15) is 10.2 Å². The Kier molecular flexibility index (Phi) is 2.73. The zero-order chi connectivity index (χ0) is 10.1. The average Bonchev–Trinajstić information content (AvgIpc) is 2.03. The number of nitrogens with zero attached hydrogens (tertiary/aromatic N) is 1. The fourth-order valence-electron chi connectivity index (χ4n) is 1.03. The van der Waals surface area contributed by atoms with Crippen LogP contribution in [-0.2, 0) is 10.2 Å². The molecule has 1 rings (SSSR count). The molecule has 0 fully saturated rings. The molecular weight excluding hydrogens is 186 g/mol. The minimum atomic E-state index is -3.09. The van der Waals surface area contributed by atoms with E-state index >= 15 is 0 Å². The van der Waals surface area contributed by atoms with E-state index in [1.807, 2.05) is 31.1 Å². The molecule has 0 spiro atoms. The molecule has 0 unspecified atom stereocenters. The van der Waals surface area contributed by atoms with Crippen LogP contribution in [0.5, 0.6) is 0 Å². The van der Waals surface area contributed by atoms with Gasteiger partial charge in [-0.1, -0.05) is 0 Å². The second kappa shape index (κ2) is 3.47. The van der Waals surface area contributed by atoms with Crippen LogP contribution in [0.3, 0.4) is 0 Å². The monoisotopic (exact) mass is 201 g/mol. The van der Waals surface area contributed by atoms with Crippen molar-refractivity contribution in [1.82, 2.24) is 0 Å². The highest BCUT2D eigenvalue weighted by atomic mass is 32.3. The number of hydrogen-bond acceptors (Lipinski definition) is 2. The minimum Gasteiger partial charge on any atom is -0.378 e. The number of thiol groups is 1. The Morgan fingerprint density at radius 1 is 1.23 bits per heavy atom. The van der Waals surface area contributed by atoms with Gasteiger partial charge in [-0.15, -0.1) is 0 Å². The van der Waals surface area contributed by atoms with Gasteiger partial charge in [0.2, 0.25) is 0 Å². The summed E-state index contributed by atoms with van der Waals surface area (Å²) >= 11 is 0. The lowest BCUT2D eigenvalue weighted by Gasteiger charge is -2.18. The van der Waals surface area contributed by atoms with Crippen molar-refractivity contribution in [3.63, 3.8) is 0 Å². The largest absolute Gasteiger partial charge is 0.378 e. The summed E-state index contributed by atoms with van der Waals surface area (Å²) in [4.78, 5) is 2.44. The van der Waals surface area contributed by atoms with E-state index in [0.29, 0.717) is 4.90 Å². The highest BCUT2D eigenvalue weighted by molar-refractivity contribution is 7.97. The smallest absolute Gasteiger partial charge is 0.0514 e. The molecule has 0 aliphatic rings. The van der Waals surface area contributed by atoms with Crippen LogP contribution < -0.4 is 4.90 Å². The molecule has 74 valence electrons. The highest BCUT2D eigenvalue weighted by Crippen LogP contribution is 2.17. The van der Waals surface area contributed by atoms with Gasteiger partial charge >= 0.3 is 0 Å². The van der Waals surface area contributed by atoms with Crippen molar-refractivity contribution < 1.29 is 8.76 Å². The molecule has 0 radical (unpaired) electrons. The molecule has 1 aromatic rings. The lowest BCUT2D eigenvalue weighted by molar-refractivity contribution is 0.547. The first-order chi connectivity index (χ1) is 5.91. The van der Waals surface area contributed by atoms with Gasteiger partial charge in [0.15, 0.2) is 0 Å². The second-order valence-electron chi connectivity index (χ2n) is 3.29. The summed E-state index contributed by atoms with van der Waals surface area (Å²) in [5.74, 6) is 0. The highest BCUT2D eigenvalue weighted by Gasteiger charge is 2.02. The summed E-state index contributed by atoms with van der Waals surface area (Å²) in [6.07, 6.45) is 1.34. The van der Waals surface area contributed by atoms with Gasteiger partial charge in [0.05, 0.1) is 4.90 Å². The van der Waals surface area contributed by atoms with Crippen LogP contribution in [0.2, 0.25) is 0 Å². The Morgan fingerprint density at radius 3 is 2.00 bits per heavy atom. The van der Waals surface area contributed by atoms with Crippen LogP contribution >= 0.6 is 0 Å². The Labute approximate surface area is 79.6 Å². The van der Waals surface area contributed by atoms with Gasteiger partial charge in [-0.25, -0.2) is 4.21 Å². The Morgan fingerprint density at radius 2 is 1.69 bits per heavy atom. The summed E-state index contributed by atoms with van der Waals surface area (Å²) in [5.41, 5.74) is 1.03. The first-order valence-electron chi connectivity index (χ1n) is 3.99. The SMILES string of the molecule is CN(C)c1ccc([SH](C)(=O)O)cc1. The van der Waals surface area contributed by atoms with Crippen molar-refractivity contribution >= 4 is 15.9 Å². The maximum absolute atomic E-state index is 11.2. The molecule has 0 bridgehead atoms. The van der Waals surface area contributed by atoms with E-state index in [1.54, 1.807) is 12.1 Å². The molecule has 0 atom stereocenters. The van der Waals surface area contributed by atoms with Crippen molar-refractivity contribution in [3.8, 4) is 0 Å². The van der Waals surface area contributed by atoms with Crippen LogP contribution in [0, 0.1) is 0 Å². The van der Waals surface area contributed by atoms with Gasteiger partial charge in [-0.05, 0) is 24.3 Å². The Bertz CT molecular complexity index is 326. The molecule has 0 aliphatic carbocycles. The molecule has 4 heteroatoms. The lowest BCUT2D eigenvalue weighted by Crippen LogP contribution is -2.10. The lowest BCUT2D eigenvalue weighted by atomic mass is 10.3. The first kappa shape index (κ1) is 10.2. The normalized spacial score (nSPS) is 12.6. The van der Waals surface area contributed by atoms with E-state index in [9.17, 15) is 8.76 Å². The second-order valence-corrected chi connectivity index (χ2v) is 5.56. The van der Waals surface area contributed by atoms with Crippen LogP contribution in [0.15, 0.2) is 29.2 Å². The maximum Gasteiger partial charge on any atom is 0.0514 e. The summed E-state index contributed by atoms with van der Waals surface area (Å²) in [5, 5.41) is 0. The molecule has 0 aliphatic heterocycles. The third-order valence-electron chi connectivity index (χ3n) is 1.85. The van der Waals surface area contributed by atoms with E-state index < -0.39 is 10.2 Å². The average molecular weight is 201 g/mol. The fourth-order valence-corrected chi connectivity index (χ4v) is 1.73. The molecule has 0 saturated carbocycles. The maximum atomic E-state index is 11.2. The predicted octanol–water partition coefficient (Wildman–Crippen LogP) is 1.23. The van der Waals surface area contributed by atoms with Crippen molar-refractivity contribution in [2.45, 2.75) is 4.90 Å². The summed E-state index contributed by atoms with van der Waals surface area (Å²) in [6.45, 7) is 0. The third-order valence-corrected chi connectivity index (χ3v) is 3.10. The molecule has 0 saturated heterocycles. The number of hydrogen-bond donors (Lipinski definition) is 2. The number of rotatable bonds is 2. The van der Waals surface area contributed by atoms with Crippen LogP contribution in [-0.4, -0.2) is 29.1 Å². The fraction of sp³-hybridized carbons (Fsp3) is 0.333. The van der Waals surface area contributed by atoms with E-state index in [1.165, 1.54) is 6.26 Å². The molecule has 0 amide bonds. The predicted molar refractivity (Wildman–Crippen MR) is 57.1 cm³/mol. The van der Waals surface area contributed by atoms with Crippen molar-refractivity contribution in [2.75, 3.05) is 25.3 Å². The quantitative estimate of drug-likeness (QED) is 0.707. The minimum absolute atomic E-state index is 0.498. The molecule has 3 nitrogen and oxygen atoms in total. The van der Waals surface area contributed by atoms with Gasteiger partial charge in [-0.3, -0.25) is 0 Å². The Balaban J connectivity index is 3.01. The van der Waals surface area contributed by atoms with E-state index in [-0.39, 0.29) is 0 Å². The zero-order valence-electron chi connectivity index (χ0n) is 8.06. The topological polar surface area (TPSA) is 40.5 Å². The van der Waals surface area contributed by atoms with Gasteiger partial charge in [0.1, 0.15) is 0 Å². The number of benzene rings is 1. The van der Waals surface area contributed by atoms with Gasteiger partial charge in [0.25, 0.3) is 0 Å². The summed E-state index contributed by atoms with van der Waals surface area (Å²) < 4.78 is 20.5. The standard InChI is InChI=1S/C9H15NO2S/c1-10(2)8-4-6-9(7-5-8)13(3,11)12/h4-7,13H,1-3H3,(H,11,12). The molecule has 1 aromatic carbocycles. The third kappa shape index (κ3) is 2.54. The Hall–Kier alpha value is -0.870.